The van der Waals surface area contributed by atoms with Crippen LogP contribution < -0.4 is 5.73 Å². The molecule has 4 nitrogen and oxygen atoms in total. The molecule has 2 N–H and O–H groups in total. The molecule has 0 saturated carbocycles. The lowest BCUT2D eigenvalue weighted by molar-refractivity contribution is 0.0961. The van der Waals surface area contributed by atoms with Crippen LogP contribution in [-0.2, 0) is 6.42 Å². The molecule has 16 heavy (non-hydrogen) atoms. The molecule has 2 rings (SSSR count). The van der Waals surface area contributed by atoms with Crippen molar-refractivity contribution in [3.8, 4) is 0 Å². The number of nitrogens with two attached hydrogens (primary N) is 1. The summed E-state index contributed by atoms with van der Waals surface area (Å²) in [6.45, 7) is 0. The van der Waals surface area contributed by atoms with Crippen molar-refractivity contribution in [3.63, 3.8) is 0 Å². The number of rotatable bonds is 4. The van der Waals surface area contributed by atoms with Crippen molar-refractivity contribution in [3.05, 3.63) is 46.7 Å². The minimum atomic E-state index is -0.511. The third-order valence-corrected chi connectivity index (χ3v) is 3.01. The van der Waals surface area contributed by atoms with E-state index in [1.54, 1.807) is 36.2 Å². The molecule has 0 radical (unpaired) electrons. The van der Waals surface area contributed by atoms with E-state index in [1.165, 1.54) is 11.3 Å². The van der Waals surface area contributed by atoms with Gasteiger partial charge in [0.1, 0.15) is 0 Å². The number of hydrogen-bond acceptors (Lipinski definition) is 5. The number of ketones is 1. The summed E-state index contributed by atoms with van der Waals surface area (Å²) in [4.78, 5) is 20.7. The monoisotopic (exact) mass is 233 g/mol. The molecule has 0 amide bonds. The van der Waals surface area contributed by atoms with Gasteiger partial charge in [-0.25, -0.2) is 0 Å². The molecule has 2 heterocycles. The van der Waals surface area contributed by atoms with Crippen molar-refractivity contribution in [2.24, 2.45) is 5.73 Å². The molecule has 5 heteroatoms. The van der Waals surface area contributed by atoms with Crippen molar-refractivity contribution in [1.82, 2.24) is 9.97 Å². The topological polar surface area (TPSA) is 68.9 Å². The van der Waals surface area contributed by atoms with Gasteiger partial charge < -0.3 is 5.73 Å². The van der Waals surface area contributed by atoms with Crippen LogP contribution in [0.5, 0.6) is 0 Å². The first-order valence-corrected chi connectivity index (χ1v) is 5.72. The first-order valence-electron chi connectivity index (χ1n) is 4.84. The minimum absolute atomic E-state index is 0.0594. The first-order chi connectivity index (χ1) is 7.77. The van der Waals surface area contributed by atoms with Crippen LogP contribution in [0, 0.1) is 0 Å². The van der Waals surface area contributed by atoms with Crippen LogP contribution in [-0.4, -0.2) is 21.8 Å². The van der Waals surface area contributed by atoms with E-state index in [9.17, 15) is 4.79 Å². The van der Waals surface area contributed by atoms with E-state index < -0.39 is 6.04 Å². The molecule has 0 bridgehead atoms. The summed E-state index contributed by atoms with van der Waals surface area (Å²) in [7, 11) is 0. The number of carbonyl (C=O) groups is 1. The van der Waals surface area contributed by atoms with Crippen LogP contribution in [0.3, 0.4) is 0 Å². The SMILES string of the molecule is NC(Cc1cncs1)C(=O)c1ccncc1. The molecule has 2 aromatic heterocycles. The molecule has 82 valence electrons. The van der Waals surface area contributed by atoms with Gasteiger partial charge in [-0.05, 0) is 12.1 Å². The van der Waals surface area contributed by atoms with Crippen molar-refractivity contribution in [1.29, 1.82) is 0 Å². The number of aromatic nitrogens is 2. The summed E-state index contributed by atoms with van der Waals surface area (Å²) in [5, 5.41) is 0. The van der Waals surface area contributed by atoms with Gasteiger partial charge in [0, 0.05) is 35.5 Å². The summed E-state index contributed by atoms with van der Waals surface area (Å²) in [6.07, 6.45) is 5.45. The Morgan fingerprint density at radius 1 is 1.38 bits per heavy atom. The van der Waals surface area contributed by atoms with Gasteiger partial charge in [0.25, 0.3) is 0 Å². The van der Waals surface area contributed by atoms with Gasteiger partial charge in [-0.1, -0.05) is 0 Å². The molecule has 1 atom stereocenters. The van der Waals surface area contributed by atoms with Crippen molar-refractivity contribution in [2.45, 2.75) is 12.5 Å². The van der Waals surface area contributed by atoms with Crippen molar-refractivity contribution in [2.75, 3.05) is 0 Å². The average molecular weight is 233 g/mol. The molecule has 1 unspecified atom stereocenters. The fraction of sp³-hybridized carbons (Fsp3) is 0.182. The molecule has 0 aromatic carbocycles. The van der Waals surface area contributed by atoms with Crippen LogP contribution in [0.15, 0.2) is 36.2 Å². The Bertz CT molecular complexity index is 455. The third kappa shape index (κ3) is 2.50. The second-order valence-electron chi connectivity index (χ2n) is 3.38. The van der Waals surface area contributed by atoms with E-state index in [0.29, 0.717) is 12.0 Å². The summed E-state index contributed by atoms with van der Waals surface area (Å²) < 4.78 is 0. The lowest BCUT2D eigenvalue weighted by Crippen LogP contribution is -2.32. The summed E-state index contributed by atoms with van der Waals surface area (Å²) >= 11 is 1.51. The molecule has 2 aromatic rings. The van der Waals surface area contributed by atoms with Crippen LogP contribution >= 0.6 is 11.3 Å². The van der Waals surface area contributed by atoms with Gasteiger partial charge in [-0.3, -0.25) is 14.8 Å². The normalized spacial score (nSPS) is 12.3. The highest BCUT2D eigenvalue weighted by molar-refractivity contribution is 7.09. The van der Waals surface area contributed by atoms with Gasteiger partial charge in [-0.15, -0.1) is 11.3 Å². The average Bonchev–Trinajstić information content (AvgIpc) is 2.82. The zero-order chi connectivity index (χ0) is 11.4. The second kappa shape index (κ2) is 4.96. The van der Waals surface area contributed by atoms with Gasteiger partial charge >= 0.3 is 0 Å². The van der Waals surface area contributed by atoms with E-state index in [-0.39, 0.29) is 5.78 Å². The Balaban J connectivity index is 2.05. The molecule has 0 fully saturated rings. The highest BCUT2D eigenvalue weighted by atomic mass is 32.1. The van der Waals surface area contributed by atoms with Crippen molar-refractivity contribution >= 4 is 17.1 Å². The Labute approximate surface area is 97.2 Å². The number of nitrogens with zero attached hydrogens (tertiary/aromatic N) is 2. The number of thiazole rings is 1. The van der Waals surface area contributed by atoms with Crippen LogP contribution in [0.25, 0.3) is 0 Å². The molecule has 0 saturated heterocycles. The Kier molecular flexibility index (Phi) is 3.38. The lowest BCUT2D eigenvalue weighted by Gasteiger charge is -2.08. The second-order valence-corrected chi connectivity index (χ2v) is 4.35. The van der Waals surface area contributed by atoms with E-state index in [2.05, 4.69) is 9.97 Å². The number of pyridine rings is 1. The molecular formula is C11H11N3OS. The minimum Gasteiger partial charge on any atom is -0.321 e. The highest BCUT2D eigenvalue weighted by Crippen LogP contribution is 2.10. The zero-order valence-corrected chi connectivity index (χ0v) is 9.35. The molecule has 0 aliphatic carbocycles. The van der Waals surface area contributed by atoms with Crippen LogP contribution in [0.1, 0.15) is 15.2 Å². The molecule has 0 spiro atoms. The van der Waals surface area contributed by atoms with Gasteiger partial charge in [0.2, 0.25) is 0 Å². The summed E-state index contributed by atoms with van der Waals surface area (Å²) in [5.74, 6) is -0.0594. The van der Waals surface area contributed by atoms with Gasteiger partial charge in [0.05, 0.1) is 11.6 Å². The van der Waals surface area contributed by atoms with E-state index in [0.717, 1.165) is 4.88 Å². The number of Topliss-reactive ketones (excluding diaryl/α,β-unsaturated/α-hetero) is 1. The maximum Gasteiger partial charge on any atom is 0.179 e. The highest BCUT2D eigenvalue weighted by Gasteiger charge is 2.16. The first kappa shape index (κ1) is 10.9. The van der Waals surface area contributed by atoms with E-state index in [4.69, 9.17) is 5.73 Å². The largest absolute Gasteiger partial charge is 0.321 e. The van der Waals surface area contributed by atoms with Crippen LogP contribution in [0.4, 0.5) is 0 Å². The summed E-state index contributed by atoms with van der Waals surface area (Å²) in [5.41, 5.74) is 8.19. The van der Waals surface area contributed by atoms with Crippen molar-refractivity contribution < 1.29 is 4.79 Å². The van der Waals surface area contributed by atoms with E-state index in [1.807, 2.05) is 0 Å². The molecule has 0 aliphatic rings. The van der Waals surface area contributed by atoms with E-state index >= 15 is 0 Å². The lowest BCUT2D eigenvalue weighted by atomic mass is 10.0. The maximum absolute atomic E-state index is 11.9. The Hall–Kier alpha value is -1.59. The Morgan fingerprint density at radius 2 is 2.12 bits per heavy atom. The van der Waals surface area contributed by atoms with Crippen LogP contribution in [0.2, 0.25) is 0 Å². The predicted molar refractivity (Wildman–Crippen MR) is 62.4 cm³/mol. The van der Waals surface area contributed by atoms with Gasteiger partial charge in [-0.2, -0.15) is 0 Å². The molecular weight excluding hydrogens is 222 g/mol. The third-order valence-electron chi connectivity index (χ3n) is 2.21. The fourth-order valence-electron chi connectivity index (χ4n) is 1.38. The maximum atomic E-state index is 11.9. The summed E-state index contributed by atoms with van der Waals surface area (Å²) in [6, 6.07) is 2.84. The quantitative estimate of drug-likeness (QED) is 0.808. The number of hydrogen-bond donors (Lipinski definition) is 1. The smallest absolute Gasteiger partial charge is 0.179 e. The predicted octanol–water partition coefficient (Wildman–Crippen LogP) is 1.29. The zero-order valence-electron chi connectivity index (χ0n) is 8.54. The van der Waals surface area contributed by atoms with Gasteiger partial charge in [0.15, 0.2) is 5.78 Å². The molecule has 0 aliphatic heterocycles. The standard InChI is InChI=1S/C11H11N3OS/c12-10(5-9-6-14-7-16-9)11(15)8-1-3-13-4-2-8/h1-4,6-7,10H,5,12H2. The fourth-order valence-corrected chi connectivity index (χ4v) is 2.04. The Morgan fingerprint density at radius 3 is 2.75 bits per heavy atom. The number of carbonyl (C=O) groups excluding carboxylic acids is 1.